The van der Waals surface area contributed by atoms with Gasteiger partial charge < -0.3 is 15.8 Å². The van der Waals surface area contributed by atoms with Crippen LogP contribution in [0.5, 0.6) is 0 Å². The van der Waals surface area contributed by atoms with E-state index in [0.717, 1.165) is 24.8 Å². The molecule has 1 amide bonds. The number of hydrogen-bond donors (Lipinski definition) is 2. The fraction of sp³-hybridized carbons (Fsp3) is 0.500. The summed E-state index contributed by atoms with van der Waals surface area (Å²) in [7, 11) is 0. The predicted octanol–water partition coefficient (Wildman–Crippen LogP) is 1.62. The zero-order valence-corrected chi connectivity index (χ0v) is 11.5. The second-order valence-electron chi connectivity index (χ2n) is 5.09. The van der Waals surface area contributed by atoms with Crippen molar-refractivity contribution in [3.8, 4) is 0 Å². The summed E-state index contributed by atoms with van der Waals surface area (Å²) < 4.78 is 5.73. The van der Waals surface area contributed by atoms with Gasteiger partial charge >= 0.3 is 0 Å². The lowest BCUT2D eigenvalue weighted by Gasteiger charge is -2.20. The fourth-order valence-electron chi connectivity index (χ4n) is 2.83. The standard InChI is InChI=1S/C14H18N2O2.ClH/c15-8-9-1-3-10(4-2-9)14(17)16-12-7-11-5-6-13(12)18-11;/h1-4,11-13H,5-8,15H2,(H,16,17);1H. The molecule has 4 nitrogen and oxygen atoms in total. The van der Waals surface area contributed by atoms with Gasteiger partial charge in [0.05, 0.1) is 18.2 Å². The molecule has 0 spiro atoms. The molecule has 1 aromatic rings. The van der Waals surface area contributed by atoms with Gasteiger partial charge in [0.15, 0.2) is 0 Å². The van der Waals surface area contributed by atoms with Crippen LogP contribution < -0.4 is 11.1 Å². The van der Waals surface area contributed by atoms with E-state index in [1.54, 1.807) is 0 Å². The first-order valence-corrected chi connectivity index (χ1v) is 6.51. The Balaban J connectivity index is 0.00000133. The summed E-state index contributed by atoms with van der Waals surface area (Å²) >= 11 is 0. The number of hydrogen-bond acceptors (Lipinski definition) is 3. The molecule has 3 unspecified atom stereocenters. The van der Waals surface area contributed by atoms with E-state index in [9.17, 15) is 4.79 Å². The molecule has 3 atom stereocenters. The minimum Gasteiger partial charge on any atom is -0.373 e. The van der Waals surface area contributed by atoms with Gasteiger partial charge in [0.1, 0.15) is 0 Å². The molecule has 0 saturated carbocycles. The Morgan fingerprint density at radius 3 is 2.58 bits per heavy atom. The molecule has 5 heteroatoms. The largest absolute Gasteiger partial charge is 0.373 e. The SMILES string of the molecule is Cl.NCc1ccc(C(=O)NC2CC3CCC2O3)cc1. The minimum absolute atomic E-state index is 0. The third-order valence-electron chi connectivity index (χ3n) is 3.87. The molecule has 0 radical (unpaired) electrons. The lowest BCUT2D eigenvalue weighted by atomic mass is 9.95. The van der Waals surface area contributed by atoms with Crippen LogP contribution in [0, 0.1) is 0 Å². The van der Waals surface area contributed by atoms with Crippen molar-refractivity contribution >= 4 is 18.3 Å². The Kier molecular flexibility index (Phi) is 4.45. The third-order valence-corrected chi connectivity index (χ3v) is 3.87. The number of rotatable bonds is 3. The van der Waals surface area contributed by atoms with Crippen molar-refractivity contribution < 1.29 is 9.53 Å². The second-order valence-corrected chi connectivity index (χ2v) is 5.09. The highest BCUT2D eigenvalue weighted by atomic mass is 35.5. The summed E-state index contributed by atoms with van der Waals surface area (Å²) in [6, 6.07) is 7.63. The number of amides is 1. The highest BCUT2D eigenvalue weighted by Gasteiger charge is 2.41. The van der Waals surface area contributed by atoms with E-state index >= 15 is 0 Å². The highest BCUT2D eigenvalue weighted by Crippen LogP contribution is 2.34. The molecular weight excluding hydrogens is 264 g/mol. The van der Waals surface area contributed by atoms with Gasteiger partial charge in [-0.2, -0.15) is 0 Å². The zero-order valence-electron chi connectivity index (χ0n) is 10.7. The second kappa shape index (κ2) is 5.90. The van der Waals surface area contributed by atoms with Crippen molar-refractivity contribution in [2.45, 2.75) is 44.1 Å². The molecule has 3 rings (SSSR count). The van der Waals surface area contributed by atoms with Crippen molar-refractivity contribution in [2.24, 2.45) is 5.73 Å². The van der Waals surface area contributed by atoms with Gasteiger partial charge in [-0.15, -0.1) is 12.4 Å². The van der Waals surface area contributed by atoms with E-state index in [-0.39, 0.29) is 30.5 Å². The first-order chi connectivity index (χ1) is 8.76. The molecule has 2 bridgehead atoms. The number of carbonyl (C=O) groups is 1. The molecule has 0 aromatic heterocycles. The molecule has 2 aliphatic rings. The Bertz CT molecular complexity index is 449. The van der Waals surface area contributed by atoms with Crippen LogP contribution in [0.1, 0.15) is 35.2 Å². The van der Waals surface area contributed by atoms with Gasteiger partial charge in [-0.25, -0.2) is 0 Å². The molecule has 1 aromatic carbocycles. The number of ether oxygens (including phenoxy) is 1. The molecule has 2 saturated heterocycles. The average Bonchev–Trinajstić information content (AvgIpc) is 3.01. The van der Waals surface area contributed by atoms with Gasteiger partial charge in [-0.3, -0.25) is 4.79 Å². The molecular formula is C14H19ClN2O2. The smallest absolute Gasteiger partial charge is 0.251 e. The van der Waals surface area contributed by atoms with E-state index in [2.05, 4.69) is 5.32 Å². The van der Waals surface area contributed by atoms with Gasteiger partial charge in [0.2, 0.25) is 0 Å². The zero-order chi connectivity index (χ0) is 12.5. The molecule has 19 heavy (non-hydrogen) atoms. The maximum atomic E-state index is 12.1. The van der Waals surface area contributed by atoms with Crippen molar-refractivity contribution in [3.63, 3.8) is 0 Å². The summed E-state index contributed by atoms with van der Waals surface area (Å²) in [6.45, 7) is 0.502. The predicted molar refractivity (Wildman–Crippen MR) is 75.3 cm³/mol. The van der Waals surface area contributed by atoms with Gasteiger partial charge in [-0.1, -0.05) is 12.1 Å². The number of nitrogens with one attached hydrogen (secondary N) is 1. The van der Waals surface area contributed by atoms with E-state index in [4.69, 9.17) is 10.5 Å². The van der Waals surface area contributed by atoms with Gasteiger partial charge in [0.25, 0.3) is 5.91 Å². The molecule has 2 aliphatic heterocycles. The lowest BCUT2D eigenvalue weighted by Crippen LogP contribution is -2.41. The Hall–Kier alpha value is -1.10. The number of halogens is 1. The first kappa shape index (κ1) is 14.3. The van der Waals surface area contributed by atoms with Gasteiger partial charge in [0, 0.05) is 12.1 Å². The van der Waals surface area contributed by atoms with Crippen LogP contribution >= 0.6 is 12.4 Å². The Morgan fingerprint density at radius 2 is 2.05 bits per heavy atom. The highest BCUT2D eigenvalue weighted by molar-refractivity contribution is 5.94. The number of nitrogens with two attached hydrogens (primary N) is 1. The Labute approximate surface area is 119 Å². The van der Waals surface area contributed by atoms with Crippen LogP contribution in [0.4, 0.5) is 0 Å². The monoisotopic (exact) mass is 282 g/mol. The summed E-state index contributed by atoms with van der Waals surface area (Å²) in [5, 5.41) is 3.07. The molecule has 3 N–H and O–H groups in total. The maximum Gasteiger partial charge on any atom is 0.251 e. The first-order valence-electron chi connectivity index (χ1n) is 6.51. The Morgan fingerprint density at radius 1 is 1.32 bits per heavy atom. The molecule has 0 aliphatic carbocycles. The molecule has 104 valence electrons. The number of benzene rings is 1. The van der Waals surface area contributed by atoms with Crippen LogP contribution in [0.25, 0.3) is 0 Å². The number of carbonyl (C=O) groups excluding carboxylic acids is 1. The van der Waals surface area contributed by atoms with Crippen molar-refractivity contribution in [2.75, 3.05) is 0 Å². The van der Waals surface area contributed by atoms with Crippen molar-refractivity contribution in [1.29, 1.82) is 0 Å². The van der Waals surface area contributed by atoms with E-state index in [1.807, 2.05) is 24.3 Å². The lowest BCUT2D eigenvalue weighted by molar-refractivity contribution is 0.0841. The van der Waals surface area contributed by atoms with Crippen LogP contribution in [0.15, 0.2) is 24.3 Å². The van der Waals surface area contributed by atoms with Crippen molar-refractivity contribution in [3.05, 3.63) is 35.4 Å². The maximum absolute atomic E-state index is 12.1. The van der Waals surface area contributed by atoms with E-state index in [1.165, 1.54) is 0 Å². The normalized spacial score (nSPS) is 27.9. The summed E-state index contributed by atoms with van der Waals surface area (Å²) in [5.74, 6) is -0.0141. The van der Waals surface area contributed by atoms with Gasteiger partial charge in [-0.05, 0) is 37.0 Å². The number of fused-ring (bicyclic) bond motifs is 2. The van der Waals surface area contributed by atoms with Crippen molar-refractivity contribution in [1.82, 2.24) is 5.32 Å². The minimum atomic E-state index is -0.0141. The topological polar surface area (TPSA) is 64.4 Å². The van der Waals surface area contributed by atoms with Crippen LogP contribution in [-0.2, 0) is 11.3 Å². The van der Waals surface area contributed by atoms with Crippen LogP contribution in [0.3, 0.4) is 0 Å². The fourth-order valence-corrected chi connectivity index (χ4v) is 2.83. The molecule has 2 heterocycles. The quantitative estimate of drug-likeness (QED) is 0.885. The summed E-state index contributed by atoms with van der Waals surface area (Å²) in [5.41, 5.74) is 7.26. The summed E-state index contributed by atoms with van der Waals surface area (Å²) in [4.78, 5) is 12.1. The van der Waals surface area contributed by atoms with E-state index < -0.39 is 0 Å². The van der Waals surface area contributed by atoms with Crippen LogP contribution in [-0.4, -0.2) is 24.2 Å². The molecule has 2 fully saturated rings. The summed E-state index contributed by atoms with van der Waals surface area (Å²) in [6.07, 6.45) is 3.75. The van der Waals surface area contributed by atoms with E-state index in [0.29, 0.717) is 18.2 Å². The third kappa shape index (κ3) is 2.91. The average molecular weight is 283 g/mol. The van der Waals surface area contributed by atoms with Crippen LogP contribution in [0.2, 0.25) is 0 Å².